The normalized spacial score (nSPS) is 15.9. The number of hydrogen-bond donors (Lipinski definition) is 0. The highest BCUT2D eigenvalue weighted by Crippen LogP contribution is 2.41. The number of sulfonamides is 1. The highest BCUT2D eigenvalue weighted by Gasteiger charge is 2.33. The van der Waals surface area contributed by atoms with E-state index in [4.69, 9.17) is 4.74 Å². The molecule has 0 amide bonds. The van der Waals surface area contributed by atoms with Crippen LogP contribution in [-0.4, -0.2) is 29.5 Å². The number of nitrogens with zero attached hydrogens (tertiary/aromatic N) is 3. The largest absolute Gasteiger partial charge is 0.487 e. The van der Waals surface area contributed by atoms with Gasteiger partial charge in [0.15, 0.2) is 0 Å². The zero-order valence-corrected chi connectivity index (χ0v) is 16.2. The molecular formula is C21H19N3O3S. The molecule has 0 saturated carbocycles. The second-order valence-corrected chi connectivity index (χ2v) is 9.07. The number of ether oxygens (including phenoxy) is 1. The van der Waals surface area contributed by atoms with Crippen molar-refractivity contribution < 1.29 is 13.2 Å². The van der Waals surface area contributed by atoms with Crippen LogP contribution in [0.3, 0.4) is 0 Å². The Bertz CT molecular complexity index is 1170. The predicted octanol–water partition coefficient (Wildman–Crippen LogP) is 3.09. The van der Waals surface area contributed by atoms with E-state index in [1.54, 1.807) is 16.4 Å². The van der Waals surface area contributed by atoms with Gasteiger partial charge in [-0.3, -0.25) is 0 Å². The fraction of sp³-hybridized carbons (Fsp3) is 0.238. The van der Waals surface area contributed by atoms with E-state index in [-0.39, 0.29) is 6.54 Å². The van der Waals surface area contributed by atoms with Gasteiger partial charge in [0.2, 0.25) is 10.0 Å². The van der Waals surface area contributed by atoms with Crippen LogP contribution >= 0.6 is 0 Å². The van der Waals surface area contributed by atoms with Gasteiger partial charge in [0.1, 0.15) is 18.1 Å². The summed E-state index contributed by atoms with van der Waals surface area (Å²) in [6.45, 7) is 2.97. The third kappa shape index (κ3) is 2.70. The standard InChI is InChI=1S/C21H19N3O3S/c1-14-6-8-15(9-7-14)28(25,26)24-11-10-18-17(12-24)21-16-4-2-3-5-20(16)27-13-19(21)23-22-18/h2-9H,10-13H2,1H3. The maximum atomic E-state index is 13.2. The van der Waals surface area contributed by atoms with Gasteiger partial charge in [-0.1, -0.05) is 35.9 Å². The number of hydrogen-bond acceptors (Lipinski definition) is 5. The van der Waals surface area contributed by atoms with Crippen molar-refractivity contribution >= 4 is 10.0 Å². The van der Waals surface area contributed by atoms with Crippen LogP contribution in [0.25, 0.3) is 11.1 Å². The molecule has 3 aromatic rings. The van der Waals surface area contributed by atoms with E-state index >= 15 is 0 Å². The Labute approximate surface area is 163 Å². The number of para-hydroxylation sites is 1. The minimum absolute atomic E-state index is 0.289. The van der Waals surface area contributed by atoms with Gasteiger partial charge in [0, 0.05) is 36.2 Å². The minimum atomic E-state index is -3.57. The van der Waals surface area contributed by atoms with Gasteiger partial charge in [-0.2, -0.15) is 14.5 Å². The van der Waals surface area contributed by atoms with E-state index in [1.807, 2.05) is 43.3 Å². The van der Waals surface area contributed by atoms with E-state index in [1.165, 1.54) is 0 Å². The monoisotopic (exact) mass is 393 g/mol. The first kappa shape index (κ1) is 17.3. The highest BCUT2D eigenvalue weighted by molar-refractivity contribution is 7.89. The molecule has 0 radical (unpaired) electrons. The van der Waals surface area contributed by atoms with Crippen LogP contribution in [0, 0.1) is 6.92 Å². The predicted molar refractivity (Wildman–Crippen MR) is 104 cm³/mol. The summed E-state index contributed by atoms with van der Waals surface area (Å²) in [5.41, 5.74) is 5.50. The molecule has 2 aliphatic heterocycles. The van der Waals surface area contributed by atoms with Crippen LogP contribution in [-0.2, 0) is 29.6 Å². The molecule has 0 saturated heterocycles. The van der Waals surface area contributed by atoms with Crippen LogP contribution in [0.15, 0.2) is 53.4 Å². The number of benzene rings is 2. The Morgan fingerprint density at radius 1 is 1.00 bits per heavy atom. The smallest absolute Gasteiger partial charge is 0.243 e. The van der Waals surface area contributed by atoms with Gasteiger partial charge >= 0.3 is 0 Å². The summed E-state index contributed by atoms with van der Waals surface area (Å²) in [6, 6.07) is 14.8. The minimum Gasteiger partial charge on any atom is -0.487 e. The van der Waals surface area contributed by atoms with Crippen LogP contribution in [0.4, 0.5) is 0 Å². The van der Waals surface area contributed by atoms with E-state index in [9.17, 15) is 8.42 Å². The van der Waals surface area contributed by atoms with Gasteiger partial charge in [-0.15, -0.1) is 0 Å². The Morgan fingerprint density at radius 2 is 1.75 bits per heavy atom. The second-order valence-electron chi connectivity index (χ2n) is 7.13. The zero-order chi connectivity index (χ0) is 19.3. The zero-order valence-electron chi connectivity index (χ0n) is 15.4. The van der Waals surface area contributed by atoms with E-state index in [2.05, 4.69) is 10.2 Å². The summed E-state index contributed by atoms with van der Waals surface area (Å²) < 4.78 is 33.7. The fourth-order valence-corrected chi connectivity index (χ4v) is 5.24. The Balaban J connectivity index is 1.59. The van der Waals surface area contributed by atoms with Crippen LogP contribution in [0.1, 0.15) is 22.5 Å². The molecule has 142 valence electrons. The fourth-order valence-electron chi connectivity index (χ4n) is 3.84. The second kappa shape index (κ2) is 6.39. The van der Waals surface area contributed by atoms with E-state index in [0.717, 1.165) is 39.4 Å². The van der Waals surface area contributed by atoms with Gasteiger partial charge in [-0.25, -0.2) is 8.42 Å². The third-order valence-corrected chi connectivity index (χ3v) is 7.20. The summed E-state index contributed by atoms with van der Waals surface area (Å²) in [5, 5.41) is 8.70. The van der Waals surface area contributed by atoms with Crippen molar-refractivity contribution in [2.75, 3.05) is 6.54 Å². The summed E-state index contributed by atoms with van der Waals surface area (Å²) in [6.07, 6.45) is 0.545. The lowest BCUT2D eigenvalue weighted by Crippen LogP contribution is -2.37. The molecule has 0 N–H and O–H groups in total. The summed E-state index contributed by atoms with van der Waals surface area (Å²) >= 11 is 0. The molecule has 2 aromatic carbocycles. The molecular weight excluding hydrogens is 374 g/mol. The summed E-state index contributed by atoms with van der Waals surface area (Å²) in [4.78, 5) is 0.321. The average molecular weight is 393 g/mol. The van der Waals surface area contributed by atoms with Crippen molar-refractivity contribution in [2.45, 2.75) is 31.4 Å². The lowest BCUT2D eigenvalue weighted by atomic mass is 9.93. The maximum Gasteiger partial charge on any atom is 0.243 e. The van der Waals surface area contributed by atoms with E-state index < -0.39 is 10.0 Å². The van der Waals surface area contributed by atoms with Crippen molar-refractivity contribution in [2.24, 2.45) is 0 Å². The maximum absolute atomic E-state index is 13.2. The van der Waals surface area contributed by atoms with Gasteiger partial charge < -0.3 is 4.74 Å². The number of fused-ring (bicyclic) bond motifs is 5. The van der Waals surface area contributed by atoms with Crippen molar-refractivity contribution in [3.63, 3.8) is 0 Å². The molecule has 0 spiro atoms. The molecule has 0 atom stereocenters. The van der Waals surface area contributed by atoms with Crippen LogP contribution < -0.4 is 4.74 Å². The molecule has 0 unspecified atom stereocenters. The molecule has 7 heteroatoms. The highest BCUT2D eigenvalue weighted by atomic mass is 32.2. The SMILES string of the molecule is Cc1ccc(S(=O)(=O)N2CCc3nnc4c(c3C2)-c2ccccc2OC4)cc1. The molecule has 6 nitrogen and oxygen atoms in total. The topological polar surface area (TPSA) is 72.4 Å². The molecule has 0 fully saturated rings. The van der Waals surface area contributed by atoms with Crippen molar-refractivity contribution in [1.29, 1.82) is 0 Å². The van der Waals surface area contributed by atoms with Gasteiger partial charge in [-0.05, 0) is 25.1 Å². The number of aryl methyl sites for hydroxylation is 1. The Kier molecular flexibility index (Phi) is 3.96. The van der Waals surface area contributed by atoms with E-state index in [0.29, 0.717) is 24.5 Å². The van der Waals surface area contributed by atoms with Crippen molar-refractivity contribution in [1.82, 2.24) is 14.5 Å². The lowest BCUT2D eigenvalue weighted by molar-refractivity contribution is 0.293. The van der Waals surface area contributed by atoms with Crippen molar-refractivity contribution in [3.05, 3.63) is 71.0 Å². The molecule has 28 heavy (non-hydrogen) atoms. The quantitative estimate of drug-likeness (QED) is 0.669. The number of aromatic nitrogens is 2. The van der Waals surface area contributed by atoms with Crippen LogP contribution in [0.2, 0.25) is 0 Å². The lowest BCUT2D eigenvalue weighted by Gasteiger charge is -2.31. The molecule has 2 aliphatic rings. The molecule has 1 aromatic heterocycles. The molecule has 3 heterocycles. The average Bonchev–Trinajstić information content (AvgIpc) is 2.73. The summed E-state index contributed by atoms with van der Waals surface area (Å²) in [5.74, 6) is 0.795. The first-order valence-electron chi connectivity index (χ1n) is 9.20. The first-order chi connectivity index (χ1) is 13.5. The molecule has 0 bridgehead atoms. The Hall–Kier alpha value is -2.77. The van der Waals surface area contributed by atoms with Crippen LogP contribution in [0.5, 0.6) is 5.75 Å². The molecule has 5 rings (SSSR count). The van der Waals surface area contributed by atoms with Gasteiger partial charge in [0.25, 0.3) is 0 Å². The first-order valence-corrected chi connectivity index (χ1v) is 10.6. The number of rotatable bonds is 2. The third-order valence-electron chi connectivity index (χ3n) is 5.34. The Morgan fingerprint density at radius 3 is 2.57 bits per heavy atom. The summed E-state index contributed by atoms with van der Waals surface area (Å²) in [7, 11) is -3.57. The van der Waals surface area contributed by atoms with Gasteiger partial charge in [0.05, 0.1) is 10.6 Å². The molecule has 0 aliphatic carbocycles. The van der Waals surface area contributed by atoms with Crippen molar-refractivity contribution in [3.8, 4) is 16.9 Å².